The van der Waals surface area contributed by atoms with Crippen molar-refractivity contribution in [1.82, 2.24) is 4.31 Å². The van der Waals surface area contributed by atoms with Gasteiger partial charge in [-0.1, -0.05) is 91.0 Å². The maximum absolute atomic E-state index is 13.8. The lowest BCUT2D eigenvalue weighted by atomic mass is 9.87. The Morgan fingerprint density at radius 1 is 0.827 bits per heavy atom. The minimum absolute atomic E-state index is 0.111. The van der Waals surface area contributed by atoms with Crippen LogP contribution >= 0.6 is 0 Å². The number of piperidine rings is 1. The fraction of sp³-hybridized carbons (Fsp3) is 0.405. The van der Waals surface area contributed by atoms with Crippen molar-refractivity contribution in [2.45, 2.75) is 62.6 Å². The Morgan fingerprint density at radius 3 is 2.02 bits per heavy atom. The highest BCUT2D eigenvalue weighted by atomic mass is 32.2. The molecule has 0 radical (unpaired) electrons. The molecule has 6 rings (SSSR count). The van der Waals surface area contributed by atoms with Gasteiger partial charge in [-0.15, -0.1) is 0 Å². The number of esters is 1. The van der Waals surface area contributed by atoms with Crippen LogP contribution in [0.2, 0.25) is 0 Å². The van der Waals surface area contributed by atoms with Gasteiger partial charge in [-0.3, -0.25) is 4.79 Å². The maximum atomic E-state index is 13.8. The van der Waals surface area contributed by atoms with Crippen LogP contribution in [0.25, 0.3) is 11.1 Å². The minimum atomic E-state index is -3.91. The second-order valence-electron chi connectivity index (χ2n) is 13.6. The van der Waals surface area contributed by atoms with Crippen LogP contribution in [0.4, 0.5) is 0 Å². The highest BCUT2D eigenvalue weighted by Gasteiger charge is 2.55. The number of carbonyl (C=O) groups excluding carboxylic acids is 1. The number of ether oxygens (including phenoxy) is 5. The Bertz CT molecular complexity index is 1810. The first-order valence-electron chi connectivity index (χ1n) is 18.1. The molecule has 0 aliphatic carbocycles. The highest BCUT2D eigenvalue weighted by Crippen LogP contribution is 2.38. The largest absolute Gasteiger partial charge is 0.486 e. The minimum Gasteiger partial charge on any atom is -0.486 e. The standard InChI is InChI=1S/C42H49NO8S/c1-32-26-36(35-18-22-43(23-19-35)52(45,46)42(41(44)47-2)20-24-48-25-21-42)16-17-40(32)37-14-9-15-38(27-37)51-39(30-49-28-33-10-5-3-6-11-33)31-50-29-34-12-7-4-8-13-34/h3-17,26-27,35,39H,18-25,28-31H2,1-2H3. The first kappa shape index (κ1) is 37.7. The van der Waals surface area contributed by atoms with Crippen LogP contribution in [0.5, 0.6) is 5.75 Å². The van der Waals surface area contributed by atoms with Crippen molar-refractivity contribution in [2.75, 3.05) is 46.6 Å². The average Bonchev–Trinajstić information content (AvgIpc) is 3.18. The van der Waals surface area contributed by atoms with E-state index in [-0.39, 0.29) is 38.1 Å². The Morgan fingerprint density at radius 2 is 1.44 bits per heavy atom. The summed E-state index contributed by atoms with van der Waals surface area (Å²) >= 11 is 0. The predicted octanol–water partition coefficient (Wildman–Crippen LogP) is 7.07. The molecule has 2 saturated heterocycles. The normalized spacial score (nSPS) is 16.8. The second kappa shape index (κ2) is 17.6. The van der Waals surface area contributed by atoms with Gasteiger partial charge in [0.25, 0.3) is 0 Å². The molecular formula is C42H49NO8S. The van der Waals surface area contributed by atoms with Crippen molar-refractivity contribution in [3.05, 3.63) is 125 Å². The van der Waals surface area contributed by atoms with Crippen LogP contribution in [0.3, 0.4) is 0 Å². The molecule has 0 saturated carbocycles. The average molecular weight is 728 g/mol. The quantitative estimate of drug-likeness (QED) is 0.120. The molecule has 9 nitrogen and oxygen atoms in total. The second-order valence-corrected chi connectivity index (χ2v) is 15.9. The number of carbonyl (C=O) groups is 1. The van der Waals surface area contributed by atoms with E-state index in [2.05, 4.69) is 37.3 Å². The first-order valence-corrected chi connectivity index (χ1v) is 19.5. The molecule has 0 N–H and O–H groups in total. The van der Waals surface area contributed by atoms with Crippen molar-refractivity contribution in [3.8, 4) is 16.9 Å². The molecule has 0 atom stereocenters. The molecule has 0 spiro atoms. The summed E-state index contributed by atoms with van der Waals surface area (Å²) in [5.41, 5.74) is 6.66. The van der Waals surface area contributed by atoms with Gasteiger partial charge in [0.05, 0.1) is 33.5 Å². The van der Waals surface area contributed by atoms with Crippen molar-refractivity contribution >= 4 is 16.0 Å². The molecule has 52 heavy (non-hydrogen) atoms. The SMILES string of the molecule is COC(=O)C1(S(=O)(=O)N2CCC(c3ccc(-c4cccc(OC(COCc5ccccc5)COCc5ccccc5)c4)c(C)c3)CC2)CCOCC1. The van der Waals surface area contributed by atoms with E-state index in [4.69, 9.17) is 23.7 Å². The number of methoxy groups -OCH3 is 1. The number of hydrogen-bond acceptors (Lipinski definition) is 8. The molecule has 2 fully saturated rings. The summed E-state index contributed by atoms with van der Waals surface area (Å²) in [5.74, 6) is 0.257. The molecule has 2 heterocycles. The topological polar surface area (TPSA) is 101 Å². The van der Waals surface area contributed by atoms with Crippen LogP contribution < -0.4 is 4.74 Å². The molecular weight excluding hydrogens is 679 g/mol. The van der Waals surface area contributed by atoms with Gasteiger partial charge in [0, 0.05) is 39.1 Å². The lowest BCUT2D eigenvalue weighted by Crippen LogP contribution is -2.57. The van der Waals surface area contributed by atoms with E-state index in [0.717, 1.165) is 33.6 Å². The summed E-state index contributed by atoms with van der Waals surface area (Å²) in [6.07, 6.45) is 1.26. The molecule has 276 valence electrons. The number of benzene rings is 4. The predicted molar refractivity (Wildman–Crippen MR) is 200 cm³/mol. The Hall–Kier alpha value is -4.06. The number of nitrogens with zero attached hydrogens (tertiary/aromatic N) is 1. The van der Waals surface area contributed by atoms with E-state index in [0.29, 0.717) is 52.4 Å². The van der Waals surface area contributed by atoms with Crippen LogP contribution in [0, 0.1) is 6.92 Å². The van der Waals surface area contributed by atoms with E-state index < -0.39 is 20.7 Å². The summed E-state index contributed by atoms with van der Waals surface area (Å²) in [6.45, 7) is 4.99. The number of hydrogen-bond donors (Lipinski definition) is 0. The van der Waals surface area contributed by atoms with E-state index in [1.807, 2.05) is 72.8 Å². The van der Waals surface area contributed by atoms with Gasteiger partial charge >= 0.3 is 5.97 Å². The Labute approximate surface area is 307 Å². The van der Waals surface area contributed by atoms with Gasteiger partial charge in [0.2, 0.25) is 10.0 Å². The summed E-state index contributed by atoms with van der Waals surface area (Å²) < 4.78 is 56.6. The molecule has 4 aromatic rings. The molecule has 0 bridgehead atoms. The van der Waals surface area contributed by atoms with Crippen molar-refractivity contribution < 1.29 is 36.9 Å². The third kappa shape index (κ3) is 8.93. The Balaban J connectivity index is 1.10. The van der Waals surface area contributed by atoms with Crippen LogP contribution in [0.1, 0.15) is 53.9 Å². The van der Waals surface area contributed by atoms with E-state index >= 15 is 0 Å². The summed E-state index contributed by atoms with van der Waals surface area (Å²) in [5, 5.41) is 0. The molecule has 0 unspecified atom stereocenters. The molecule has 4 aromatic carbocycles. The van der Waals surface area contributed by atoms with Crippen molar-refractivity contribution in [3.63, 3.8) is 0 Å². The fourth-order valence-electron chi connectivity index (χ4n) is 7.21. The smallest absolute Gasteiger partial charge is 0.328 e. The molecule has 2 aliphatic heterocycles. The van der Waals surface area contributed by atoms with E-state index in [9.17, 15) is 13.2 Å². The number of rotatable bonds is 15. The summed E-state index contributed by atoms with van der Waals surface area (Å²) in [4.78, 5) is 12.8. The molecule has 0 amide bonds. The lowest BCUT2D eigenvalue weighted by Gasteiger charge is -2.40. The van der Waals surface area contributed by atoms with Gasteiger partial charge in [-0.25, -0.2) is 12.7 Å². The zero-order valence-electron chi connectivity index (χ0n) is 30.1. The van der Waals surface area contributed by atoms with E-state index in [1.165, 1.54) is 17.0 Å². The summed E-state index contributed by atoms with van der Waals surface area (Å²) in [7, 11) is -2.66. The van der Waals surface area contributed by atoms with Gasteiger partial charge < -0.3 is 23.7 Å². The monoisotopic (exact) mass is 727 g/mol. The van der Waals surface area contributed by atoms with Gasteiger partial charge in [-0.2, -0.15) is 0 Å². The molecule has 10 heteroatoms. The van der Waals surface area contributed by atoms with E-state index in [1.54, 1.807) is 0 Å². The number of aryl methyl sites for hydroxylation is 1. The summed E-state index contributed by atoms with van der Waals surface area (Å²) in [6, 6.07) is 34.8. The van der Waals surface area contributed by atoms with Gasteiger partial charge in [0.15, 0.2) is 4.75 Å². The maximum Gasteiger partial charge on any atom is 0.328 e. The zero-order valence-corrected chi connectivity index (χ0v) is 30.9. The molecule has 0 aromatic heterocycles. The van der Waals surface area contributed by atoms with Gasteiger partial charge in [0.1, 0.15) is 11.9 Å². The van der Waals surface area contributed by atoms with Crippen molar-refractivity contribution in [1.29, 1.82) is 0 Å². The van der Waals surface area contributed by atoms with Crippen LogP contribution in [-0.4, -0.2) is 76.2 Å². The third-order valence-corrected chi connectivity index (χ3v) is 12.8. The zero-order chi connectivity index (χ0) is 36.4. The first-order chi connectivity index (χ1) is 25.3. The lowest BCUT2D eigenvalue weighted by molar-refractivity contribution is -0.146. The van der Waals surface area contributed by atoms with Crippen LogP contribution in [0.15, 0.2) is 103 Å². The highest BCUT2D eigenvalue weighted by molar-refractivity contribution is 7.91. The van der Waals surface area contributed by atoms with Crippen molar-refractivity contribution in [2.24, 2.45) is 0 Å². The third-order valence-electron chi connectivity index (χ3n) is 10.1. The Kier molecular flexibility index (Phi) is 12.8. The fourth-order valence-corrected chi connectivity index (χ4v) is 9.37. The number of sulfonamides is 1. The molecule has 2 aliphatic rings. The van der Waals surface area contributed by atoms with Gasteiger partial charge in [-0.05, 0) is 71.2 Å². The van der Waals surface area contributed by atoms with Crippen LogP contribution in [-0.2, 0) is 47.0 Å².